The van der Waals surface area contributed by atoms with E-state index in [-0.39, 0.29) is 23.0 Å². The van der Waals surface area contributed by atoms with E-state index in [1.165, 1.54) is 6.92 Å². The number of anilines is 2. The Morgan fingerprint density at radius 3 is 2.38 bits per heavy atom. The average Bonchev–Trinajstić information content (AvgIpc) is 3.35. The van der Waals surface area contributed by atoms with Gasteiger partial charge in [0.2, 0.25) is 11.8 Å². The number of fused-ring (bicyclic) bond motifs is 2. The number of hydrogen-bond acceptors (Lipinski definition) is 4. The van der Waals surface area contributed by atoms with Crippen LogP contribution in [0, 0.1) is 25.1 Å². The average molecular weight is 542 g/mol. The predicted molar refractivity (Wildman–Crippen MR) is 155 cm³/mol. The van der Waals surface area contributed by atoms with Gasteiger partial charge in [-0.15, -0.1) is 0 Å². The summed E-state index contributed by atoms with van der Waals surface area (Å²) in [6.45, 7) is 11.4. The van der Waals surface area contributed by atoms with Gasteiger partial charge in [-0.1, -0.05) is 51.1 Å². The molecule has 0 bridgehead atoms. The number of rotatable bonds is 5. The molecule has 7 heteroatoms. The Balaban J connectivity index is 1.69. The summed E-state index contributed by atoms with van der Waals surface area (Å²) in [6.07, 6.45) is 0.578. The van der Waals surface area contributed by atoms with Crippen molar-refractivity contribution in [1.82, 2.24) is 5.32 Å². The normalized spacial score (nSPS) is 23.7. The molecule has 2 aliphatic rings. The molecule has 1 fully saturated rings. The van der Waals surface area contributed by atoms with E-state index < -0.39 is 29.2 Å². The molecule has 0 saturated carbocycles. The van der Waals surface area contributed by atoms with Gasteiger partial charge in [0, 0.05) is 28.9 Å². The van der Waals surface area contributed by atoms with Gasteiger partial charge < -0.3 is 16.0 Å². The van der Waals surface area contributed by atoms with Crippen molar-refractivity contribution in [1.29, 1.82) is 0 Å². The lowest BCUT2D eigenvalue weighted by atomic mass is 9.62. The third kappa shape index (κ3) is 4.62. The molecule has 4 atom stereocenters. The van der Waals surface area contributed by atoms with E-state index in [1.807, 2.05) is 25.1 Å². The summed E-state index contributed by atoms with van der Waals surface area (Å²) in [6, 6.07) is 16.3. The molecular weight excluding hydrogens is 505 g/mol. The SMILES string of the molecule is CC(=O)c1ccc(NC(=O)[C@@H]2NC(CC(C)(C)C)[C@@]3(C(=O)Nc4cc(C)ccc43)C2c2cccc(C)c2F)cc1. The van der Waals surface area contributed by atoms with Crippen LogP contribution < -0.4 is 16.0 Å². The molecule has 2 aliphatic heterocycles. The fourth-order valence-electron chi connectivity index (χ4n) is 6.45. The molecule has 3 aromatic carbocycles. The zero-order valence-corrected chi connectivity index (χ0v) is 23.8. The highest BCUT2D eigenvalue weighted by Crippen LogP contribution is 2.57. The van der Waals surface area contributed by atoms with E-state index >= 15 is 4.39 Å². The van der Waals surface area contributed by atoms with Crippen LogP contribution in [0.5, 0.6) is 0 Å². The van der Waals surface area contributed by atoms with Crippen molar-refractivity contribution < 1.29 is 18.8 Å². The second-order valence-electron chi connectivity index (χ2n) is 12.4. The fourth-order valence-corrected chi connectivity index (χ4v) is 6.45. The Morgan fingerprint density at radius 1 is 1.02 bits per heavy atom. The standard InChI is InChI=1S/C33H36FN3O3/c1-18-10-15-24-25(16-18)36-31(40)33(24)26(17-32(4,5)6)37-29(27(33)23-9-7-8-19(2)28(23)34)30(39)35-22-13-11-21(12-14-22)20(3)38/h7-16,26-27,29,37H,17H2,1-6H3,(H,35,39)(H,36,40)/t26?,27?,29-,33-/m1/s1. The van der Waals surface area contributed by atoms with Crippen LogP contribution in [0.25, 0.3) is 0 Å². The molecule has 2 heterocycles. The van der Waals surface area contributed by atoms with E-state index in [9.17, 15) is 14.4 Å². The molecule has 3 N–H and O–H groups in total. The van der Waals surface area contributed by atoms with Crippen molar-refractivity contribution in [3.05, 3.63) is 94.3 Å². The van der Waals surface area contributed by atoms with Gasteiger partial charge in [-0.25, -0.2) is 4.39 Å². The Bertz CT molecular complexity index is 1510. The molecule has 0 aliphatic carbocycles. The van der Waals surface area contributed by atoms with Crippen LogP contribution in [0.4, 0.5) is 15.8 Å². The van der Waals surface area contributed by atoms with Gasteiger partial charge in [-0.3, -0.25) is 14.4 Å². The van der Waals surface area contributed by atoms with Gasteiger partial charge in [0.25, 0.3) is 0 Å². The van der Waals surface area contributed by atoms with Crippen molar-refractivity contribution in [2.45, 2.75) is 71.4 Å². The number of carbonyl (C=O) groups excluding carboxylic acids is 3. The summed E-state index contributed by atoms with van der Waals surface area (Å²) >= 11 is 0. The van der Waals surface area contributed by atoms with Crippen molar-refractivity contribution in [2.24, 2.45) is 5.41 Å². The first kappa shape index (κ1) is 27.7. The van der Waals surface area contributed by atoms with Gasteiger partial charge in [0.05, 0.1) is 6.04 Å². The van der Waals surface area contributed by atoms with E-state index in [4.69, 9.17) is 0 Å². The quantitative estimate of drug-likeness (QED) is 0.344. The highest BCUT2D eigenvalue weighted by molar-refractivity contribution is 6.10. The zero-order valence-electron chi connectivity index (χ0n) is 23.8. The lowest BCUT2D eigenvalue weighted by molar-refractivity contribution is -0.122. The monoisotopic (exact) mass is 541 g/mol. The Morgan fingerprint density at radius 2 is 1.73 bits per heavy atom. The number of ketones is 1. The molecule has 40 heavy (non-hydrogen) atoms. The Hall–Kier alpha value is -3.84. The van der Waals surface area contributed by atoms with Gasteiger partial charge in [0.15, 0.2) is 5.78 Å². The van der Waals surface area contributed by atoms with Crippen LogP contribution >= 0.6 is 0 Å². The molecular formula is C33H36FN3O3. The molecule has 1 spiro atoms. The van der Waals surface area contributed by atoms with Gasteiger partial charge >= 0.3 is 0 Å². The first-order chi connectivity index (χ1) is 18.8. The number of nitrogens with one attached hydrogen (secondary N) is 3. The van der Waals surface area contributed by atoms with Crippen LogP contribution in [0.15, 0.2) is 60.7 Å². The lowest BCUT2D eigenvalue weighted by Crippen LogP contribution is -2.49. The summed E-state index contributed by atoms with van der Waals surface area (Å²) in [5.41, 5.74) is 2.90. The second kappa shape index (κ2) is 9.97. The third-order valence-electron chi connectivity index (χ3n) is 8.21. The second-order valence-corrected chi connectivity index (χ2v) is 12.4. The highest BCUT2D eigenvalue weighted by atomic mass is 19.1. The summed E-state index contributed by atoms with van der Waals surface area (Å²) < 4.78 is 16.0. The van der Waals surface area contributed by atoms with Crippen molar-refractivity contribution in [3.63, 3.8) is 0 Å². The molecule has 2 amide bonds. The van der Waals surface area contributed by atoms with Gasteiger partial charge in [-0.05, 0) is 85.2 Å². The molecule has 208 valence electrons. The number of aryl methyl sites for hydroxylation is 2. The first-order valence-electron chi connectivity index (χ1n) is 13.7. The highest BCUT2D eigenvalue weighted by Gasteiger charge is 2.66. The minimum Gasteiger partial charge on any atom is -0.325 e. The van der Waals surface area contributed by atoms with Crippen LogP contribution in [0.2, 0.25) is 0 Å². The number of carbonyl (C=O) groups is 3. The molecule has 2 unspecified atom stereocenters. The van der Waals surface area contributed by atoms with Gasteiger partial charge in [0.1, 0.15) is 11.2 Å². The van der Waals surface area contributed by atoms with E-state index in [0.717, 1.165) is 11.1 Å². The smallest absolute Gasteiger partial charge is 0.242 e. The van der Waals surface area contributed by atoms with Crippen molar-refractivity contribution in [2.75, 3.05) is 10.6 Å². The fraction of sp³-hybridized carbons (Fsp3) is 0.364. The van der Waals surface area contributed by atoms with Crippen molar-refractivity contribution >= 4 is 29.0 Å². The van der Waals surface area contributed by atoms with E-state index in [2.05, 4.69) is 36.7 Å². The Labute approximate surface area is 234 Å². The summed E-state index contributed by atoms with van der Waals surface area (Å²) in [5, 5.41) is 9.55. The third-order valence-corrected chi connectivity index (χ3v) is 8.21. The first-order valence-corrected chi connectivity index (χ1v) is 13.7. The van der Waals surface area contributed by atoms with Crippen LogP contribution in [0.3, 0.4) is 0 Å². The predicted octanol–water partition coefficient (Wildman–Crippen LogP) is 6.03. The number of amides is 2. The van der Waals surface area contributed by atoms with Gasteiger partial charge in [-0.2, -0.15) is 0 Å². The largest absolute Gasteiger partial charge is 0.325 e. The maximum Gasteiger partial charge on any atom is 0.242 e. The summed E-state index contributed by atoms with van der Waals surface area (Å²) in [7, 11) is 0. The molecule has 0 aromatic heterocycles. The minimum absolute atomic E-state index is 0.0709. The summed E-state index contributed by atoms with van der Waals surface area (Å²) in [4.78, 5) is 40.0. The number of halogens is 1. The maximum atomic E-state index is 16.0. The van der Waals surface area contributed by atoms with Crippen LogP contribution in [0.1, 0.15) is 72.6 Å². The summed E-state index contributed by atoms with van der Waals surface area (Å²) in [5.74, 6) is -1.91. The van der Waals surface area contributed by atoms with E-state index in [1.54, 1.807) is 49.4 Å². The molecule has 6 nitrogen and oxygen atoms in total. The van der Waals surface area contributed by atoms with Crippen LogP contribution in [-0.2, 0) is 15.0 Å². The minimum atomic E-state index is -1.22. The molecule has 0 radical (unpaired) electrons. The zero-order chi connectivity index (χ0) is 29.0. The Kier molecular flexibility index (Phi) is 6.91. The number of hydrogen-bond donors (Lipinski definition) is 3. The van der Waals surface area contributed by atoms with Crippen LogP contribution in [-0.4, -0.2) is 29.7 Å². The maximum absolute atomic E-state index is 16.0. The molecule has 5 rings (SSSR count). The number of benzene rings is 3. The lowest BCUT2D eigenvalue weighted by Gasteiger charge is -2.37. The molecule has 3 aromatic rings. The van der Waals surface area contributed by atoms with E-state index in [0.29, 0.717) is 34.5 Å². The number of Topliss-reactive ketones (excluding diaryl/α,β-unsaturated/α-hetero) is 1. The molecule has 1 saturated heterocycles. The van der Waals surface area contributed by atoms with Crippen molar-refractivity contribution in [3.8, 4) is 0 Å². The topological polar surface area (TPSA) is 87.3 Å².